The van der Waals surface area contributed by atoms with Gasteiger partial charge in [-0.2, -0.15) is 0 Å². The van der Waals surface area contributed by atoms with Crippen LogP contribution in [0.3, 0.4) is 0 Å². The van der Waals surface area contributed by atoms with Crippen molar-refractivity contribution in [2.75, 3.05) is 11.9 Å². The molecule has 6 nitrogen and oxygen atoms in total. The molecule has 0 radical (unpaired) electrons. The Bertz CT molecular complexity index is 674. The van der Waals surface area contributed by atoms with E-state index in [9.17, 15) is 8.42 Å². The van der Waals surface area contributed by atoms with E-state index in [0.29, 0.717) is 5.82 Å². The third kappa shape index (κ3) is 4.51. The minimum absolute atomic E-state index is 0.194. The largest absolute Gasteiger partial charge is 0.370 e. The molecule has 2 aromatic heterocycles. The molecule has 0 aromatic carbocycles. The molecule has 2 N–H and O–H groups in total. The van der Waals surface area contributed by atoms with Crippen LogP contribution in [0.4, 0.5) is 5.82 Å². The molecule has 21 heavy (non-hydrogen) atoms. The predicted molar refractivity (Wildman–Crippen MR) is 81.3 cm³/mol. The molecule has 0 aliphatic heterocycles. The number of sulfonamides is 1. The number of rotatable bonds is 7. The third-order valence-corrected chi connectivity index (χ3v) is 4.19. The van der Waals surface area contributed by atoms with Gasteiger partial charge in [0.1, 0.15) is 5.82 Å². The van der Waals surface area contributed by atoms with Gasteiger partial charge in [0.2, 0.25) is 10.0 Å². The van der Waals surface area contributed by atoms with E-state index in [2.05, 4.69) is 20.0 Å². The van der Waals surface area contributed by atoms with Crippen molar-refractivity contribution in [3.05, 3.63) is 48.4 Å². The summed E-state index contributed by atoms with van der Waals surface area (Å²) in [5.41, 5.74) is 0.805. The van der Waals surface area contributed by atoms with Crippen molar-refractivity contribution >= 4 is 15.8 Å². The van der Waals surface area contributed by atoms with Crippen molar-refractivity contribution < 1.29 is 8.42 Å². The lowest BCUT2D eigenvalue weighted by Gasteiger charge is -2.09. The zero-order valence-electron chi connectivity index (χ0n) is 11.8. The van der Waals surface area contributed by atoms with Gasteiger partial charge in [0.05, 0.1) is 4.90 Å². The van der Waals surface area contributed by atoms with Crippen molar-refractivity contribution in [1.82, 2.24) is 14.7 Å². The molecule has 2 rings (SSSR count). The van der Waals surface area contributed by atoms with E-state index >= 15 is 0 Å². The first-order chi connectivity index (χ1) is 10.1. The first-order valence-electron chi connectivity index (χ1n) is 6.70. The summed E-state index contributed by atoms with van der Waals surface area (Å²) in [7, 11) is -3.56. The summed E-state index contributed by atoms with van der Waals surface area (Å²) in [4.78, 5) is 8.24. The lowest BCUT2D eigenvalue weighted by atomic mass is 10.3. The molecule has 2 aromatic rings. The number of hydrogen-bond donors (Lipinski definition) is 2. The fraction of sp³-hybridized carbons (Fsp3) is 0.286. The van der Waals surface area contributed by atoms with Crippen LogP contribution in [0.15, 0.2) is 47.8 Å². The molecular weight excluding hydrogens is 288 g/mol. The van der Waals surface area contributed by atoms with Crippen LogP contribution in [0.1, 0.15) is 18.9 Å². The summed E-state index contributed by atoms with van der Waals surface area (Å²) in [6.07, 6.45) is 5.70. The van der Waals surface area contributed by atoms with E-state index in [1.807, 2.05) is 13.0 Å². The highest BCUT2D eigenvalue weighted by molar-refractivity contribution is 7.89. The minimum Gasteiger partial charge on any atom is -0.370 e. The Labute approximate surface area is 124 Å². The standard InChI is InChI=1S/C14H18N4O2S/c1-2-6-16-14-9-13(5-8-17-14)21(19,20)18-11-12-4-3-7-15-10-12/h3-5,7-10,18H,2,6,11H2,1H3,(H,16,17). The van der Waals surface area contributed by atoms with Crippen LogP contribution in [-0.2, 0) is 16.6 Å². The Morgan fingerprint density at radius 2 is 2.10 bits per heavy atom. The van der Waals surface area contributed by atoms with Gasteiger partial charge in [-0.25, -0.2) is 18.1 Å². The zero-order chi connectivity index (χ0) is 15.1. The molecule has 0 saturated heterocycles. The first-order valence-corrected chi connectivity index (χ1v) is 8.18. The molecule has 0 saturated carbocycles. The molecule has 0 fully saturated rings. The number of nitrogens with zero attached hydrogens (tertiary/aromatic N) is 2. The van der Waals surface area contributed by atoms with E-state index in [0.717, 1.165) is 18.5 Å². The van der Waals surface area contributed by atoms with E-state index < -0.39 is 10.0 Å². The third-order valence-electron chi connectivity index (χ3n) is 2.79. The van der Waals surface area contributed by atoms with Crippen molar-refractivity contribution in [2.45, 2.75) is 24.8 Å². The average molecular weight is 306 g/mol. The number of hydrogen-bond acceptors (Lipinski definition) is 5. The van der Waals surface area contributed by atoms with Crippen LogP contribution in [-0.4, -0.2) is 24.9 Å². The second-order valence-corrected chi connectivity index (χ2v) is 6.26. The van der Waals surface area contributed by atoms with Crippen LogP contribution in [0.5, 0.6) is 0 Å². The fourth-order valence-corrected chi connectivity index (χ4v) is 2.72. The molecule has 0 bridgehead atoms. The quantitative estimate of drug-likeness (QED) is 0.814. The normalized spacial score (nSPS) is 11.3. The monoisotopic (exact) mass is 306 g/mol. The van der Waals surface area contributed by atoms with Crippen molar-refractivity contribution in [3.63, 3.8) is 0 Å². The Morgan fingerprint density at radius 1 is 1.24 bits per heavy atom. The number of nitrogens with one attached hydrogen (secondary N) is 2. The van der Waals surface area contributed by atoms with Gasteiger partial charge < -0.3 is 5.32 Å². The molecule has 2 heterocycles. The van der Waals surface area contributed by atoms with E-state index in [1.54, 1.807) is 18.5 Å². The van der Waals surface area contributed by atoms with E-state index in [-0.39, 0.29) is 11.4 Å². The van der Waals surface area contributed by atoms with Crippen LogP contribution < -0.4 is 10.0 Å². The number of aromatic nitrogens is 2. The number of pyridine rings is 2. The van der Waals surface area contributed by atoms with E-state index in [4.69, 9.17) is 0 Å². The molecule has 0 amide bonds. The second kappa shape index (κ2) is 7.14. The highest BCUT2D eigenvalue weighted by Gasteiger charge is 2.14. The summed E-state index contributed by atoms with van der Waals surface area (Å²) >= 11 is 0. The Hall–Kier alpha value is -1.99. The fourth-order valence-electron chi connectivity index (χ4n) is 1.69. The van der Waals surface area contributed by atoms with Gasteiger partial charge in [-0.05, 0) is 24.1 Å². The summed E-state index contributed by atoms with van der Waals surface area (Å²) in [6, 6.07) is 6.59. The SMILES string of the molecule is CCCNc1cc(S(=O)(=O)NCc2cccnc2)ccn1. The maximum atomic E-state index is 12.2. The van der Waals surface area contributed by atoms with Crippen LogP contribution in [0, 0.1) is 0 Å². The topological polar surface area (TPSA) is 84.0 Å². The molecular formula is C14H18N4O2S. The molecule has 0 aliphatic carbocycles. The predicted octanol–water partition coefficient (Wildman–Crippen LogP) is 1.78. The Balaban J connectivity index is 2.08. The van der Waals surface area contributed by atoms with Gasteiger partial charge in [-0.3, -0.25) is 4.98 Å². The highest BCUT2D eigenvalue weighted by atomic mass is 32.2. The van der Waals surface area contributed by atoms with Gasteiger partial charge in [0, 0.05) is 37.7 Å². The smallest absolute Gasteiger partial charge is 0.241 e. The minimum atomic E-state index is -3.56. The van der Waals surface area contributed by atoms with Gasteiger partial charge >= 0.3 is 0 Å². The van der Waals surface area contributed by atoms with Gasteiger partial charge in [0.15, 0.2) is 0 Å². The molecule has 0 atom stereocenters. The van der Waals surface area contributed by atoms with Crippen molar-refractivity contribution in [2.24, 2.45) is 0 Å². The van der Waals surface area contributed by atoms with Gasteiger partial charge in [0.25, 0.3) is 0 Å². The van der Waals surface area contributed by atoms with Crippen LogP contribution in [0.2, 0.25) is 0 Å². The Kier molecular flexibility index (Phi) is 5.24. The molecule has 112 valence electrons. The summed E-state index contributed by atoms with van der Waals surface area (Å²) < 4.78 is 27.0. The number of anilines is 1. The molecule has 0 spiro atoms. The maximum absolute atomic E-state index is 12.2. The average Bonchev–Trinajstić information content (AvgIpc) is 2.52. The molecule has 7 heteroatoms. The van der Waals surface area contributed by atoms with Gasteiger partial charge in [-0.1, -0.05) is 13.0 Å². The molecule has 0 aliphatic rings. The second-order valence-electron chi connectivity index (χ2n) is 4.49. The summed E-state index contributed by atoms with van der Waals surface area (Å²) in [5, 5.41) is 3.07. The highest BCUT2D eigenvalue weighted by Crippen LogP contribution is 2.13. The van der Waals surface area contributed by atoms with Crippen LogP contribution in [0.25, 0.3) is 0 Å². The summed E-state index contributed by atoms with van der Waals surface area (Å²) in [6.45, 7) is 2.98. The lowest BCUT2D eigenvalue weighted by molar-refractivity contribution is 0.581. The zero-order valence-corrected chi connectivity index (χ0v) is 12.6. The Morgan fingerprint density at radius 3 is 2.81 bits per heavy atom. The van der Waals surface area contributed by atoms with Gasteiger partial charge in [-0.15, -0.1) is 0 Å². The van der Waals surface area contributed by atoms with Crippen molar-refractivity contribution in [1.29, 1.82) is 0 Å². The molecule has 0 unspecified atom stereocenters. The lowest BCUT2D eigenvalue weighted by Crippen LogP contribution is -2.23. The summed E-state index contributed by atoms with van der Waals surface area (Å²) in [5.74, 6) is 0.557. The first kappa shape index (κ1) is 15.4. The van der Waals surface area contributed by atoms with Crippen LogP contribution >= 0.6 is 0 Å². The van der Waals surface area contributed by atoms with Crippen molar-refractivity contribution in [3.8, 4) is 0 Å². The van der Waals surface area contributed by atoms with E-state index in [1.165, 1.54) is 18.3 Å². The maximum Gasteiger partial charge on any atom is 0.241 e.